The molecule has 240 valence electrons. The maximum absolute atomic E-state index is 13.4. The van der Waals surface area contributed by atoms with E-state index in [1.807, 2.05) is 45.9 Å². The summed E-state index contributed by atoms with van der Waals surface area (Å²) in [5.41, 5.74) is 0.783. The van der Waals surface area contributed by atoms with Gasteiger partial charge in [0.1, 0.15) is 18.7 Å². The Hall–Kier alpha value is -3.32. The van der Waals surface area contributed by atoms with E-state index < -0.39 is 53.2 Å². The van der Waals surface area contributed by atoms with Gasteiger partial charge in [0, 0.05) is 11.0 Å². The number of amides is 4. The minimum absolute atomic E-state index is 0.00284. The van der Waals surface area contributed by atoms with E-state index in [4.69, 9.17) is 9.47 Å². The van der Waals surface area contributed by atoms with Crippen molar-refractivity contribution in [3.63, 3.8) is 0 Å². The molecule has 0 saturated heterocycles. The second-order valence-corrected chi connectivity index (χ2v) is 12.0. The molecule has 3 N–H and O–H groups in total. The molecule has 0 aliphatic rings. The zero-order valence-electron chi connectivity index (χ0n) is 26.1. The summed E-state index contributed by atoms with van der Waals surface area (Å²) in [6, 6.07) is 6.96. The zero-order chi connectivity index (χ0) is 32.7. The smallest absolute Gasteiger partial charge is 0.427 e. The first kappa shape index (κ1) is 37.7. The molecule has 0 fully saturated rings. The molecule has 0 aliphatic carbocycles. The number of hydrogen-bond acceptors (Lipinski definition) is 9. The first-order valence-electron chi connectivity index (χ1n) is 14.5. The van der Waals surface area contributed by atoms with Crippen LogP contribution >= 0.6 is 12.6 Å². The Morgan fingerprint density at radius 3 is 2.00 bits per heavy atom. The van der Waals surface area contributed by atoms with Gasteiger partial charge in [-0.3, -0.25) is 9.59 Å². The van der Waals surface area contributed by atoms with Crippen molar-refractivity contribution in [3.05, 3.63) is 35.9 Å². The van der Waals surface area contributed by atoms with Crippen LogP contribution in [-0.2, 0) is 35.3 Å². The minimum atomic E-state index is -1.87. The quantitative estimate of drug-likeness (QED) is 0.0944. The van der Waals surface area contributed by atoms with E-state index in [1.165, 1.54) is 0 Å². The number of thiol groups is 1. The number of benzene rings is 1. The predicted molar refractivity (Wildman–Crippen MR) is 162 cm³/mol. The number of carbonyl (C=O) groups excluding carboxylic acids is 5. The fourth-order valence-corrected chi connectivity index (χ4v) is 4.19. The summed E-state index contributed by atoms with van der Waals surface area (Å²) >= 11 is 4.09. The second-order valence-electron chi connectivity index (χ2n) is 11.5. The van der Waals surface area contributed by atoms with Gasteiger partial charge in [0.15, 0.2) is 17.9 Å². The third kappa shape index (κ3) is 14.1. The Labute approximate surface area is 259 Å². The van der Waals surface area contributed by atoms with E-state index >= 15 is 0 Å². The number of nitrogens with zero attached hydrogens (tertiary/aromatic N) is 2. The molecule has 0 aliphatic heterocycles. The maximum Gasteiger partial charge on any atom is 0.427 e. The number of aliphatic hydroxyl groups excluding tert-OH is 1. The average molecular weight is 624 g/mol. The van der Waals surface area contributed by atoms with Gasteiger partial charge in [0.25, 0.3) is 0 Å². The van der Waals surface area contributed by atoms with Crippen molar-refractivity contribution in [2.45, 2.75) is 91.4 Å². The molecule has 13 heteroatoms. The third-order valence-corrected chi connectivity index (χ3v) is 6.45. The molecule has 4 amide bonds. The van der Waals surface area contributed by atoms with Crippen molar-refractivity contribution in [2.75, 3.05) is 13.2 Å². The Balaban J connectivity index is 3.17. The molecule has 0 bridgehead atoms. The number of nitrogens with one attached hydrogen (secondary N) is 2. The highest BCUT2D eigenvalue weighted by atomic mass is 32.1. The molecule has 12 nitrogen and oxygen atoms in total. The van der Waals surface area contributed by atoms with Gasteiger partial charge >= 0.3 is 23.9 Å². The second kappa shape index (κ2) is 19.1. The van der Waals surface area contributed by atoms with E-state index in [2.05, 4.69) is 28.4 Å². The molecule has 0 radical (unpaired) electrons. The zero-order valence-corrected chi connectivity index (χ0v) is 27.0. The fraction of sp³-hybridized carbons (Fsp3) is 0.633. The van der Waals surface area contributed by atoms with Crippen molar-refractivity contribution >= 4 is 42.4 Å². The number of esters is 1. The summed E-state index contributed by atoms with van der Waals surface area (Å²) in [6.45, 7) is 12.6. The summed E-state index contributed by atoms with van der Waals surface area (Å²) in [6.07, 6.45) is -2.18. The van der Waals surface area contributed by atoms with Crippen molar-refractivity contribution in [2.24, 2.45) is 22.9 Å². The largest absolute Gasteiger partial charge is 0.464 e. The average Bonchev–Trinajstić information content (AvgIpc) is 2.93. The van der Waals surface area contributed by atoms with E-state index in [0.29, 0.717) is 0 Å². The van der Waals surface area contributed by atoms with E-state index in [1.54, 1.807) is 32.9 Å². The van der Waals surface area contributed by atoms with Crippen molar-refractivity contribution in [1.29, 1.82) is 0 Å². The summed E-state index contributed by atoms with van der Waals surface area (Å²) < 4.78 is 10.9. The molecule has 0 saturated carbocycles. The number of aliphatic hydroxyl groups is 1. The van der Waals surface area contributed by atoms with Crippen molar-refractivity contribution in [1.82, 2.24) is 10.6 Å². The lowest BCUT2D eigenvalue weighted by molar-refractivity contribution is -0.516. The van der Waals surface area contributed by atoms with Gasteiger partial charge in [0.05, 0.1) is 6.61 Å². The molecule has 4 atom stereocenters. The number of hydrogen-bond donors (Lipinski definition) is 4. The third-order valence-electron chi connectivity index (χ3n) is 5.94. The van der Waals surface area contributed by atoms with Gasteiger partial charge in [-0.15, -0.1) is 0 Å². The lowest BCUT2D eigenvalue weighted by atomic mass is 10.0. The first-order valence-corrected chi connectivity index (χ1v) is 15.0. The van der Waals surface area contributed by atoms with Crippen LogP contribution in [0.3, 0.4) is 0 Å². The van der Waals surface area contributed by atoms with Crippen LogP contribution in [0.15, 0.2) is 35.4 Å². The summed E-state index contributed by atoms with van der Waals surface area (Å²) in [7, 11) is 0. The van der Waals surface area contributed by atoms with Crippen LogP contribution in [0.5, 0.6) is 0 Å². The van der Waals surface area contributed by atoms with Crippen molar-refractivity contribution < 1.29 is 43.3 Å². The topological polar surface area (TPSA) is 163 Å². The van der Waals surface area contributed by atoms with E-state index in [0.717, 1.165) is 10.3 Å². The van der Waals surface area contributed by atoms with Crippen LogP contribution in [0.2, 0.25) is 0 Å². The summed E-state index contributed by atoms with van der Waals surface area (Å²) in [5.74, 6) is -3.48. The van der Waals surface area contributed by atoms with Gasteiger partial charge < -0.3 is 25.2 Å². The lowest BCUT2D eigenvalue weighted by Crippen LogP contribution is -2.52. The van der Waals surface area contributed by atoms with E-state index in [9.17, 15) is 29.1 Å². The number of alkyl carbamates (subject to hydrolysis) is 1. The number of rotatable bonds is 16. The normalized spacial score (nSPS) is 14.6. The van der Waals surface area contributed by atoms with Crippen LogP contribution in [0.25, 0.3) is 0 Å². The molecule has 43 heavy (non-hydrogen) atoms. The molecule has 0 unspecified atom stereocenters. The van der Waals surface area contributed by atoms with Gasteiger partial charge in [0.2, 0.25) is 5.91 Å². The Morgan fingerprint density at radius 2 is 1.47 bits per heavy atom. The molecular formula is C30H47N4O8S+. The molecule has 0 heterocycles. The van der Waals surface area contributed by atoms with Crippen LogP contribution in [0.1, 0.15) is 66.9 Å². The number of azo groups is 2. The molecule has 1 rings (SSSR count). The molecule has 0 aromatic heterocycles. The van der Waals surface area contributed by atoms with Crippen LogP contribution in [0.4, 0.5) is 4.79 Å². The Bertz CT molecular complexity index is 1110. The highest BCUT2D eigenvalue weighted by molar-refractivity contribution is 7.81. The maximum atomic E-state index is 13.4. The monoisotopic (exact) mass is 623 g/mol. The SMILES string of the molecule is CCOC(=O)[C@@H](O)[C@@H](S)C(=O)[N+](CC(C)C)=NC(=O)[C@H](CC(C)C)NC(=O)[C@H](CC(C)C)NC(=O)OCc1ccccc1. The lowest BCUT2D eigenvalue weighted by Gasteiger charge is -2.23. The Morgan fingerprint density at radius 1 is 0.884 bits per heavy atom. The molecular weight excluding hydrogens is 576 g/mol. The van der Waals surface area contributed by atoms with Crippen LogP contribution < -0.4 is 10.6 Å². The molecule has 1 aromatic carbocycles. The van der Waals surface area contributed by atoms with Gasteiger partial charge in [-0.05, 0) is 41.9 Å². The van der Waals surface area contributed by atoms with E-state index in [-0.39, 0.29) is 50.4 Å². The Kier molecular flexibility index (Phi) is 16.7. The minimum Gasteiger partial charge on any atom is -0.464 e. The number of ether oxygens (including phenoxy) is 2. The van der Waals surface area contributed by atoms with Gasteiger partial charge in [-0.25, -0.2) is 14.4 Å². The highest BCUT2D eigenvalue weighted by Crippen LogP contribution is 2.13. The number of carbonyl (C=O) groups is 5. The van der Waals surface area contributed by atoms with Crippen LogP contribution in [-0.4, -0.2) is 76.2 Å². The highest BCUT2D eigenvalue weighted by Gasteiger charge is 2.40. The summed E-state index contributed by atoms with van der Waals surface area (Å²) in [5, 5.41) is 18.0. The van der Waals surface area contributed by atoms with Gasteiger partial charge in [-0.2, -0.15) is 12.6 Å². The fourth-order valence-electron chi connectivity index (χ4n) is 3.93. The molecule has 0 spiro atoms. The summed E-state index contributed by atoms with van der Waals surface area (Å²) in [4.78, 5) is 64.4. The standard InChI is InChI=1S/C30H46N4O8S/c1-8-41-29(39)24(35)25(43)28(38)34(16-20(6)7)33-27(37)23(15-19(4)5)31-26(36)22(14-18(2)3)32-30(40)42-17-21-12-10-9-11-13-21/h9-13,18-20,22-25,35H,8,14-17H2,1-7H3,(H2-,31,32,36,40,43)/p+1/t22-,23-,24-,25+/m0/s1. The van der Waals surface area contributed by atoms with Crippen molar-refractivity contribution in [3.8, 4) is 0 Å². The predicted octanol–water partition coefficient (Wildman–Crippen LogP) is 3.25. The van der Waals surface area contributed by atoms with Crippen LogP contribution in [0, 0.1) is 17.8 Å². The first-order chi connectivity index (χ1) is 20.2. The molecule has 1 aromatic rings. The van der Waals surface area contributed by atoms with Gasteiger partial charge in [-0.1, -0.05) is 71.9 Å².